The zero-order valence-electron chi connectivity index (χ0n) is 24.7. The lowest BCUT2D eigenvalue weighted by molar-refractivity contribution is 0.996. The molecule has 214 valence electrons. The van der Waals surface area contributed by atoms with Gasteiger partial charge in [0.1, 0.15) is 5.65 Å². The number of benzene rings is 6. The fourth-order valence-electron chi connectivity index (χ4n) is 7.03. The van der Waals surface area contributed by atoms with E-state index in [1.807, 2.05) is 12.1 Å². The average Bonchev–Trinajstić information content (AvgIpc) is 3.68. The summed E-state index contributed by atoms with van der Waals surface area (Å²) < 4.78 is 4.53. The zero-order chi connectivity index (χ0) is 30.2. The van der Waals surface area contributed by atoms with Crippen LogP contribution in [0.1, 0.15) is 0 Å². The average molecular weight is 588 g/mol. The zero-order valence-corrected chi connectivity index (χ0v) is 24.7. The Morgan fingerprint density at radius 1 is 0.370 bits per heavy atom. The van der Waals surface area contributed by atoms with Crippen LogP contribution >= 0.6 is 0 Å². The van der Waals surface area contributed by atoms with Gasteiger partial charge in [-0.3, -0.25) is 8.97 Å². The summed E-state index contributed by atoms with van der Waals surface area (Å²) in [5.41, 5.74) is 10.2. The van der Waals surface area contributed by atoms with Gasteiger partial charge in [0.15, 0.2) is 0 Å². The van der Waals surface area contributed by atoms with Crippen molar-refractivity contribution >= 4 is 60.2 Å². The Hall–Kier alpha value is -6.33. The molecule has 5 heteroatoms. The van der Waals surface area contributed by atoms with E-state index in [1.165, 1.54) is 5.39 Å². The largest absolute Gasteiger partial charge is 0.292 e. The van der Waals surface area contributed by atoms with Crippen molar-refractivity contribution in [2.75, 3.05) is 0 Å². The monoisotopic (exact) mass is 587 g/mol. The van der Waals surface area contributed by atoms with E-state index in [0.717, 1.165) is 77.3 Å². The van der Waals surface area contributed by atoms with Crippen molar-refractivity contribution in [3.63, 3.8) is 0 Å². The smallest absolute Gasteiger partial charge is 0.235 e. The third-order valence-electron chi connectivity index (χ3n) is 9.10. The molecule has 0 radical (unpaired) electrons. The minimum Gasteiger partial charge on any atom is -0.292 e. The molecule has 46 heavy (non-hydrogen) atoms. The van der Waals surface area contributed by atoms with Crippen molar-refractivity contribution in [1.82, 2.24) is 23.9 Å². The van der Waals surface area contributed by atoms with Gasteiger partial charge in [0, 0.05) is 32.7 Å². The second-order valence-corrected chi connectivity index (χ2v) is 11.7. The van der Waals surface area contributed by atoms with Crippen LogP contribution in [0.15, 0.2) is 152 Å². The van der Waals surface area contributed by atoms with Crippen molar-refractivity contribution in [2.24, 2.45) is 0 Å². The summed E-state index contributed by atoms with van der Waals surface area (Å²) in [5, 5.41) is 5.74. The maximum absolute atomic E-state index is 5.23. The first-order valence-corrected chi connectivity index (χ1v) is 15.5. The van der Waals surface area contributed by atoms with E-state index in [-0.39, 0.29) is 0 Å². The summed E-state index contributed by atoms with van der Waals surface area (Å²) in [7, 11) is 0. The summed E-state index contributed by atoms with van der Waals surface area (Å²) in [6.45, 7) is 0. The van der Waals surface area contributed by atoms with Gasteiger partial charge in [0.2, 0.25) is 5.95 Å². The van der Waals surface area contributed by atoms with Gasteiger partial charge in [0.05, 0.1) is 39.0 Å². The molecule has 0 saturated carbocycles. The molecule has 0 N–H and O–H groups in total. The molecule has 0 atom stereocenters. The number of hydrogen-bond acceptors (Lipinski definition) is 3. The highest BCUT2D eigenvalue weighted by atomic mass is 15.2. The van der Waals surface area contributed by atoms with Crippen molar-refractivity contribution in [1.29, 1.82) is 0 Å². The SMILES string of the molecule is c1ccc(-c2cc(-c3ccccc3)nc(-n3c4ccccc4c4cc5c(cc43)c3ccccc3n3c4ccccc4nc53)n2)cc1. The normalized spacial score (nSPS) is 11.9. The van der Waals surface area contributed by atoms with Crippen LogP contribution in [0.2, 0.25) is 0 Å². The lowest BCUT2D eigenvalue weighted by atomic mass is 10.0. The number of nitrogens with zero attached hydrogens (tertiary/aromatic N) is 5. The van der Waals surface area contributed by atoms with Gasteiger partial charge >= 0.3 is 0 Å². The molecular formula is C41H25N5. The second kappa shape index (κ2) is 9.58. The van der Waals surface area contributed by atoms with Gasteiger partial charge in [-0.2, -0.15) is 0 Å². The number of hydrogen-bond donors (Lipinski definition) is 0. The highest BCUT2D eigenvalue weighted by Gasteiger charge is 2.20. The number of pyridine rings is 1. The molecule has 4 aromatic heterocycles. The number of para-hydroxylation sites is 4. The summed E-state index contributed by atoms with van der Waals surface area (Å²) in [6.07, 6.45) is 0. The minimum atomic E-state index is 0.641. The van der Waals surface area contributed by atoms with Crippen molar-refractivity contribution in [2.45, 2.75) is 0 Å². The number of fused-ring (bicyclic) bond motifs is 11. The first kappa shape index (κ1) is 25.0. The van der Waals surface area contributed by atoms with Crippen molar-refractivity contribution in [3.05, 3.63) is 152 Å². The predicted octanol–water partition coefficient (Wildman–Crippen LogP) is 10.0. The van der Waals surface area contributed by atoms with Crippen LogP contribution in [0.3, 0.4) is 0 Å². The van der Waals surface area contributed by atoms with Gasteiger partial charge < -0.3 is 0 Å². The molecule has 0 amide bonds. The third kappa shape index (κ3) is 3.60. The standard InChI is InChI=1S/C41H25N5/c1-3-13-26(14-4-1)34-25-35(27-15-5-2-6-16-27)44-41(43-34)46-37-21-11-8-18-29(37)31-23-32-30(24-39(31)46)28-17-7-10-20-36(28)45-38-22-12-9-19-33(38)42-40(32)45/h1-25H. The summed E-state index contributed by atoms with van der Waals surface area (Å²) in [6, 6.07) is 53.0. The van der Waals surface area contributed by atoms with E-state index in [0.29, 0.717) is 5.95 Å². The van der Waals surface area contributed by atoms with Crippen LogP contribution in [0, 0.1) is 0 Å². The van der Waals surface area contributed by atoms with Crippen molar-refractivity contribution < 1.29 is 0 Å². The number of aromatic nitrogens is 5. The Kier molecular flexibility index (Phi) is 5.22. The topological polar surface area (TPSA) is 48.0 Å². The fourth-order valence-corrected chi connectivity index (χ4v) is 7.03. The van der Waals surface area contributed by atoms with E-state index in [4.69, 9.17) is 15.0 Å². The van der Waals surface area contributed by atoms with E-state index in [2.05, 4.69) is 148 Å². The van der Waals surface area contributed by atoms with Crippen LogP contribution in [0.25, 0.3) is 88.6 Å². The predicted molar refractivity (Wildman–Crippen MR) is 189 cm³/mol. The molecule has 0 aliphatic rings. The first-order valence-electron chi connectivity index (χ1n) is 15.5. The third-order valence-corrected chi connectivity index (χ3v) is 9.10. The minimum absolute atomic E-state index is 0.641. The molecular weight excluding hydrogens is 562 g/mol. The maximum Gasteiger partial charge on any atom is 0.235 e. The summed E-state index contributed by atoms with van der Waals surface area (Å²) >= 11 is 0. The molecule has 0 unspecified atom stereocenters. The highest BCUT2D eigenvalue weighted by molar-refractivity contribution is 6.21. The van der Waals surface area contributed by atoms with Gasteiger partial charge in [-0.15, -0.1) is 0 Å². The molecule has 0 bridgehead atoms. The summed E-state index contributed by atoms with van der Waals surface area (Å²) in [4.78, 5) is 15.6. The molecule has 6 aromatic carbocycles. The fraction of sp³-hybridized carbons (Fsp3) is 0. The van der Waals surface area contributed by atoms with Crippen molar-refractivity contribution in [3.8, 4) is 28.5 Å². The lowest BCUT2D eigenvalue weighted by Crippen LogP contribution is -2.04. The van der Waals surface area contributed by atoms with Crippen LogP contribution in [0.5, 0.6) is 0 Å². The van der Waals surface area contributed by atoms with Crippen LogP contribution in [-0.4, -0.2) is 23.9 Å². The first-order chi connectivity index (χ1) is 22.8. The van der Waals surface area contributed by atoms with E-state index in [1.54, 1.807) is 0 Å². The lowest BCUT2D eigenvalue weighted by Gasteiger charge is -2.13. The Labute approximate surface area is 263 Å². The Balaban J connectivity index is 1.36. The van der Waals surface area contributed by atoms with Gasteiger partial charge in [-0.25, -0.2) is 15.0 Å². The number of imidazole rings is 1. The Morgan fingerprint density at radius 3 is 1.63 bits per heavy atom. The second-order valence-electron chi connectivity index (χ2n) is 11.7. The van der Waals surface area contributed by atoms with Crippen LogP contribution in [-0.2, 0) is 0 Å². The molecule has 10 aromatic rings. The Morgan fingerprint density at radius 2 is 0.935 bits per heavy atom. The van der Waals surface area contributed by atoms with Crippen LogP contribution < -0.4 is 0 Å². The molecule has 0 saturated heterocycles. The highest BCUT2D eigenvalue weighted by Crippen LogP contribution is 2.39. The number of rotatable bonds is 3. The van der Waals surface area contributed by atoms with Gasteiger partial charge in [-0.1, -0.05) is 109 Å². The quantitative estimate of drug-likeness (QED) is 0.193. The molecule has 0 aliphatic carbocycles. The van der Waals surface area contributed by atoms with Gasteiger partial charge in [-0.05, 0) is 47.9 Å². The molecule has 5 nitrogen and oxygen atoms in total. The molecule has 4 heterocycles. The van der Waals surface area contributed by atoms with E-state index < -0.39 is 0 Å². The molecule has 0 spiro atoms. The Bertz CT molecular complexity index is 2740. The summed E-state index contributed by atoms with van der Waals surface area (Å²) in [5.74, 6) is 0.641. The maximum atomic E-state index is 5.23. The van der Waals surface area contributed by atoms with Crippen LogP contribution in [0.4, 0.5) is 0 Å². The van der Waals surface area contributed by atoms with E-state index in [9.17, 15) is 0 Å². The molecule has 10 rings (SSSR count). The van der Waals surface area contributed by atoms with Gasteiger partial charge in [0.25, 0.3) is 0 Å². The molecule has 0 fully saturated rings. The van der Waals surface area contributed by atoms with E-state index >= 15 is 0 Å². The molecule has 0 aliphatic heterocycles.